The van der Waals surface area contributed by atoms with Crippen molar-refractivity contribution in [3.63, 3.8) is 0 Å². The summed E-state index contributed by atoms with van der Waals surface area (Å²) in [6.45, 7) is 13.8. The van der Waals surface area contributed by atoms with Gasteiger partial charge in [0.15, 0.2) is 0 Å². The maximum Gasteiger partial charge on any atom is 0.140 e. The number of hydrogen-bond donors (Lipinski definition) is 0. The van der Waals surface area contributed by atoms with Crippen molar-refractivity contribution in [2.75, 3.05) is 45.7 Å². The molecule has 0 N–H and O–H groups in total. The Morgan fingerprint density at radius 3 is 2.22 bits per heavy atom. The van der Waals surface area contributed by atoms with Crippen LogP contribution in [0.3, 0.4) is 0 Å². The molecule has 1 aromatic carbocycles. The van der Waals surface area contributed by atoms with Crippen LogP contribution in [0, 0.1) is 5.92 Å². The Kier molecular flexibility index (Phi) is 10.7. The third-order valence-corrected chi connectivity index (χ3v) is 7.66. The van der Waals surface area contributed by atoms with E-state index < -0.39 is 0 Å². The molecule has 4 nitrogen and oxygen atoms in total. The number of nitrogens with zero attached hydrogens (tertiary/aromatic N) is 4. The SMILES string of the molecule is C1CC1.C=C(c1ccc(N2CCC(CCCN(C)C(=C)C(C)c3ccccc3)CC2)nc1Cl)N(C)C. The molecule has 36 heavy (non-hydrogen) atoms. The molecular weight excluding hydrogens is 464 g/mol. The number of anilines is 1. The largest absolute Gasteiger partial charge is 0.378 e. The van der Waals surface area contributed by atoms with Gasteiger partial charge >= 0.3 is 0 Å². The highest BCUT2D eigenvalue weighted by atomic mass is 35.5. The van der Waals surface area contributed by atoms with E-state index in [1.165, 1.54) is 56.2 Å². The monoisotopic (exact) mass is 508 g/mol. The Hall–Kier alpha value is -2.46. The molecule has 1 atom stereocenters. The van der Waals surface area contributed by atoms with Crippen LogP contribution in [0.1, 0.15) is 68.9 Å². The molecule has 1 saturated heterocycles. The molecule has 2 aromatic rings. The lowest BCUT2D eigenvalue weighted by atomic mass is 9.92. The molecule has 196 valence electrons. The predicted octanol–water partition coefficient (Wildman–Crippen LogP) is 7.68. The predicted molar refractivity (Wildman–Crippen MR) is 157 cm³/mol. The Labute approximate surface area is 224 Å². The molecule has 4 rings (SSSR count). The first kappa shape index (κ1) is 28.1. The lowest BCUT2D eigenvalue weighted by Gasteiger charge is -2.33. The van der Waals surface area contributed by atoms with Gasteiger partial charge in [-0.2, -0.15) is 0 Å². The molecule has 1 aromatic heterocycles. The molecule has 0 radical (unpaired) electrons. The van der Waals surface area contributed by atoms with Gasteiger partial charge in [-0.1, -0.05) is 81.3 Å². The minimum atomic E-state index is 0.347. The number of likely N-dealkylation sites (N-methyl/N-ethyl adjacent to an activating group) is 1. The van der Waals surface area contributed by atoms with Crippen molar-refractivity contribution in [3.05, 3.63) is 77.6 Å². The Balaban J connectivity index is 0.00000112. The lowest BCUT2D eigenvalue weighted by Crippen LogP contribution is -2.34. The van der Waals surface area contributed by atoms with Crippen LogP contribution in [-0.4, -0.2) is 55.6 Å². The number of rotatable bonds is 10. The van der Waals surface area contributed by atoms with Crippen LogP contribution < -0.4 is 4.90 Å². The molecule has 1 saturated carbocycles. The van der Waals surface area contributed by atoms with E-state index in [1.807, 2.05) is 25.1 Å². The van der Waals surface area contributed by atoms with E-state index in [0.29, 0.717) is 11.1 Å². The average molecular weight is 509 g/mol. The first-order valence-corrected chi connectivity index (χ1v) is 13.9. The minimum Gasteiger partial charge on any atom is -0.378 e. The van der Waals surface area contributed by atoms with E-state index in [2.05, 4.69) is 78.3 Å². The summed E-state index contributed by atoms with van der Waals surface area (Å²) in [6, 6.07) is 14.8. The summed E-state index contributed by atoms with van der Waals surface area (Å²) in [5.74, 6) is 2.09. The molecule has 2 fully saturated rings. The Bertz CT molecular complexity index is 975. The number of halogens is 1. The van der Waals surface area contributed by atoms with E-state index in [4.69, 9.17) is 11.6 Å². The van der Waals surface area contributed by atoms with Gasteiger partial charge in [0, 0.05) is 63.7 Å². The van der Waals surface area contributed by atoms with Gasteiger partial charge in [0.2, 0.25) is 0 Å². The van der Waals surface area contributed by atoms with Crippen molar-refractivity contribution in [2.45, 2.75) is 57.8 Å². The average Bonchev–Trinajstić information content (AvgIpc) is 3.78. The van der Waals surface area contributed by atoms with Crippen molar-refractivity contribution in [1.29, 1.82) is 0 Å². The highest BCUT2D eigenvalue weighted by Gasteiger charge is 2.21. The minimum absolute atomic E-state index is 0.347. The van der Waals surface area contributed by atoms with Crippen LogP contribution in [0.4, 0.5) is 5.82 Å². The van der Waals surface area contributed by atoms with Crippen molar-refractivity contribution in [1.82, 2.24) is 14.8 Å². The van der Waals surface area contributed by atoms with Gasteiger partial charge < -0.3 is 14.7 Å². The molecule has 5 heteroatoms. The second-order valence-corrected chi connectivity index (χ2v) is 10.9. The quantitative estimate of drug-likeness (QED) is 0.307. The van der Waals surface area contributed by atoms with Crippen LogP contribution >= 0.6 is 11.6 Å². The second kappa shape index (κ2) is 13.7. The Morgan fingerprint density at radius 1 is 1.03 bits per heavy atom. The van der Waals surface area contributed by atoms with Crippen molar-refractivity contribution in [3.8, 4) is 0 Å². The highest BCUT2D eigenvalue weighted by Crippen LogP contribution is 2.30. The molecule has 0 bridgehead atoms. The van der Waals surface area contributed by atoms with E-state index in [0.717, 1.165) is 42.6 Å². The summed E-state index contributed by atoms with van der Waals surface area (Å²) >= 11 is 6.46. The molecule has 1 aliphatic heterocycles. The van der Waals surface area contributed by atoms with E-state index in [1.54, 1.807) is 0 Å². The smallest absolute Gasteiger partial charge is 0.140 e. The first-order valence-electron chi connectivity index (χ1n) is 13.5. The van der Waals surface area contributed by atoms with Crippen LogP contribution in [0.5, 0.6) is 0 Å². The molecule has 1 unspecified atom stereocenters. The van der Waals surface area contributed by atoms with Gasteiger partial charge in [-0.05, 0) is 49.3 Å². The van der Waals surface area contributed by atoms with Gasteiger partial charge in [-0.15, -0.1) is 0 Å². The Morgan fingerprint density at radius 2 is 1.67 bits per heavy atom. The molecule has 2 heterocycles. The van der Waals surface area contributed by atoms with Gasteiger partial charge in [-0.3, -0.25) is 0 Å². The third kappa shape index (κ3) is 8.30. The number of piperidine rings is 1. The highest BCUT2D eigenvalue weighted by molar-refractivity contribution is 6.31. The fourth-order valence-corrected chi connectivity index (χ4v) is 4.79. The van der Waals surface area contributed by atoms with Crippen LogP contribution in [0.25, 0.3) is 5.70 Å². The van der Waals surface area contributed by atoms with Crippen LogP contribution in [0.15, 0.2) is 61.3 Å². The van der Waals surface area contributed by atoms with Gasteiger partial charge in [-0.25, -0.2) is 4.98 Å². The standard InChI is InChI=1S/C28H39ClN4.C3H6/c1-21(25-12-8-7-9-13-25)22(2)32(6)18-10-11-24-16-19-33(20-17-24)27-15-14-26(28(29)30-27)23(3)31(4)5;1-2-3-1/h7-9,12-15,21,24H,2-3,10-11,16-20H2,1,4-6H3;1-3H2. The van der Waals surface area contributed by atoms with E-state index in [9.17, 15) is 0 Å². The molecule has 1 aliphatic carbocycles. The normalized spacial score (nSPS) is 16.0. The fraction of sp³-hybridized carbons (Fsp3) is 0.516. The van der Waals surface area contributed by atoms with Crippen molar-refractivity contribution in [2.24, 2.45) is 5.92 Å². The van der Waals surface area contributed by atoms with Crippen LogP contribution in [0.2, 0.25) is 5.15 Å². The molecule has 0 spiro atoms. The summed E-state index contributed by atoms with van der Waals surface area (Å²) in [5, 5.41) is 0.529. The third-order valence-electron chi connectivity index (χ3n) is 7.37. The number of aromatic nitrogens is 1. The fourth-order valence-electron chi connectivity index (χ4n) is 4.53. The summed E-state index contributed by atoms with van der Waals surface area (Å²) in [6.07, 6.45) is 9.38. The number of benzene rings is 1. The van der Waals surface area contributed by atoms with Gasteiger partial charge in [0.05, 0.1) is 0 Å². The van der Waals surface area contributed by atoms with Crippen molar-refractivity contribution >= 4 is 23.1 Å². The molecule has 2 aliphatic rings. The first-order chi connectivity index (χ1) is 17.3. The van der Waals surface area contributed by atoms with Gasteiger partial charge in [0.1, 0.15) is 11.0 Å². The molecular formula is C31H45ClN4. The van der Waals surface area contributed by atoms with E-state index >= 15 is 0 Å². The molecule has 0 amide bonds. The summed E-state index contributed by atoms with van der Waals surface area (Å²) in [5.41, 5.74) is 4.30. The van der Waals surface area contributed by atoms with E-state index in [-0.39, 0.29) is 0 Å². The topological polar surface area (TPSA) is 22.6 Å². The zero-order valence-corrected chi connectivity index (χ0v) is 23.6. The lowest BCUT2D eigenvalue weighted by molar-refractivity contribution is 0.327. The summed E-state index contributed by atoms with van der Waals surface area (Å²) in [4.78, 5) is 11.3. The number of hydrogen-bond acceptors (Lipinski definition) is 4. The zero-order chi connectivity index (χ0) is 26.1. The summed E-state index contributed by atoms with van der Waals surface area (Å²) in [7, 11) is 6.11. The maximum atomic E-state index is 6.46. The van der Waals surface area contributed by atoms with Crippen LogP contribution in [-0.2, 0) is 0 Å². The second-order valence-electron chi connectivity index (χ2n) is 10.5. The van der Waals surface area contributed by atoms with Gasteiger partial charge in [0.25, 0.3) is 0 Å². The number of allylic oxidation sites excluding steroid dienone is 1. The zero-order valence-electron chi connectivity index (χ0n) is 22.8. The summed E-state index contributed by atoms with van der Waals surface area (Å²) < 4.78 is 0. The van der Waals surface area contributed by atoms with Crippen molar-refractivity contribution < 1.29 is 0 Å². The maximum absolute atomic E-state index is 6.46. The number of pyridine rings is 1.